The summed E-state index contributed by atoms with van der Waals surface area (Å²) in [4.78, 5) is 0. The quantitative estimate of drug-likeness (QED) is 0.580. The molecule has 0 radical (unpaired) electrons. The first-order valence-corrected chi connectivity index (χ1v) is 6.12. The third kappa shape index (κ3) is 1.39. The minimum absolute atomic E-state index is 1.00. The molecule has 0 N–H and O–H groups in total. The maximum absolute atomic E-state index is 5.93. The Morgan fingerprint density at radius 3 is 2.47 bits per heavy atom. The summed E-state index contributed by atoms with van der Waals surface area (Å²) in [6.07, 6.45) is 1.04. The smallest absolute Gasteiger partial charge is 0.135 e. The zero-order valence-corrected chi connectivity index (χ0v) is 10.5. The standard InChI is InChI=1S/C16H16O/c1-4-12-6-5-7-13-16(12)15-11(3)10(2)8-9-14(15)17-13/h5-9H,4H2,1-3H3. The van der Waals surface area contributed by atoms with E-state index in [1.54, 1.807) is 0 Å². The zero-order valence-electron chi connectivity index (χ0n) is 10.5. The number of fused-ring (bicyclic) bond motifs is 3. The van der Waals surface area contributed by atoms with Gasteiger partial charge in [-0.3, -0.25) is 0 Å². The first-order chi connectivity index (χ1) is 8.22. The molecule has 0 aliphatic rings. The Morgan fingerprint density at radius 2 is 1.71 bits per heavy atom. The Morgan fingerprint density at radius 1 is 0.941 bits per heavy atom. The second-order valence-electron chi connectivity index (χ2n) is 4.63. The summed E-state index contributed by atoms with van der Waals surface area (Å²) in [6.45, 7) is 6.53. The molecule has 0 atom stereocenters. The summed E-state index contributed by atoms with van der Waals surface area (Å²) in [5.41, 5.74) is 6.04. The van der Waals surface area contributed by atoms with Crippen molar-refractivity contribution in [3.63, 3.8) is 0 Å². The van der Waals surface area contributed by atoms with Crippen molar-refractivity contribution in [2.75, 3.05) is 0 Å². The van der Waals surface area contributed by atoms with Crippen LogP contribution in [0.5, 0.6) is 0 Å². The van der Waals surface area contributed by atoms with Gasteiger partial charge < -0.3 is 4.42 Å². The molecule has 0 aliphatic carbocycles. The molecule has 0 unspecified atom stereocenters. The van der Waals surface area contributed by atoms with Gasteiger partial charge in [-0.25, -0.2) is 0 Å². The van der Waals surface area contributed by atoms with Gasteiger partial charge in [-0.05, 0) is 49.1 Å². The zero-order chi connectivity index (χ0) is 12.0. The molecule has 1 heteroatoms. The molecule has 1 nitrogen and oxygen atoms in total. The molecule has 0 aliphatic heterocycles. The van der Waals surface area contributed by atoms with Crippen LogP contribution in [-0.4, -0.2) is 0 Å². The molecule has 3 rings (SSSR count). The van der Waals surface area contributed by atoms with Gasteiger partial charge in [0.2, 0.25) is 0 Å². The Hall–Kier alpha value is -1.76. The summed E-state index contributed by atoms with van der Waals surface area (Å²) in [5, 5.41) is 2.59. The van der Waals surface area contributed by atoms with E-state index in [2.05, 4.69) is 51.1 Å². The van der Waals surface area contributed by atoms with Gasteiger partial charge in [0.25, 0.3) is 0 Å². The van der Waals surface area contributed by atoms with Crippen LogP contribution < -0.4 is 0 Å². The van der Waals surface area contributed by atoms with Crippen LogP contribution in [0.25, 0.3) is 21.9 Å². The third-order valence-electron chi connectivity index (χ3n) is 3.66. The number of rotatable bonds is 1. The van der Waals surface area contributed by atoms with Gasteiger partial charge in [0.15, 0.2) is 0 Å². The predicted molar refractivity (Wildman–Crippen MR) is 72.6 cm³/mol. The summed E-state index contributed by atoms with van der Waals surface area (Å²) in [7, 11) is 0. The average molecular weight is 224 g/mol. The molecule has 0 fully saturated rings. The summed E-state index contributed by atoms with van der Waals surface area (Å²) in [6, 6.07) is 10.5. The van der Waals surface area contributed by atoms with E-state index in [1.165, 1.54) is 27.5 Å². The Bertz CT molecular complexity index is 704. The van der Waals surface area contributed by atoms with Gasteiger partial charge >= 0.3 is 0 Å². The molecular formula is C16H16O. The fourth-order valence-electron chi connectivity index (χ4n) is 2.55. The SMILES string of the molecule is CCc1cccc2oc3ccc(C)c(C)c3c12. The number of benzene rings is 2. The minimum Gasteiger partial charge on any atom is -0.456 e. The van der Waals surface area contributed by atoms with Crippen molar-refractivity contribution >= 4 is 21.9 Å². The largest absolute Gasteiger partial charge is 0.456 e. The van der Waals surface area contributed by atoms with Crippen LogP contribution in [-0.2, 0) is 6.42 Å². The summed E-state index contributed by atoms with van der Waals surface area (Å²) < 4.78 is 5.93. The van der Waals surface area contributed by atoms with Gasteiger partial charge in [0.1, 0.15) is 11.2 Å². The van der Waals surface area contributed by atoms with Crippen LogP contribution in [0.15, 0.2) is 34.7 Å². The minimum atomic E-state index is 1.00. The highest BCUT2D eigenvalue weighted by atomic mass is 16.3. The lowest BCUT2D eigenvalue weighted by Gasteiger charge is -2.03. The van der Waals surface area contributed by atoms with Crippen molar-refractivity contribution in [1.29, 1.82) is 0 Å². The Labute approximate surface area is 101 Å². The van der Waals surface area contributed by atoms with E-state index in [0.29, 0.717) is 0 Å². The number of hydrogen-bond donors (Lipinski definition) is 0. The van der Waals surface area contributed by atoms with E-state index in [0.717, 1.165) is 17.6 Å². The van der Waals surface area contributed by atoms with Crippen molar-refractivity contribution in [1.82, 2.24) is 0 Å². The van der Waals surface area contributed by atoms with Crippen LogP contribution in [0.2, 0.25) is 0 Å². The molecule has 0 bridgehead atoms. The first kappa shape index (κ1) is 10.4. The summed E-state index contributed by atoms with van der Waals surface area (Å²) in [5.74, 6) is 0. The molecular weight excluding hydrogens is 208 g/mol. The first-order valence-electron chi connectivity index (χ1n) is 6.12. The molecule has 86 valence electrons. The third-order valence-corrected chi connectivity index (χ3v) is 3.66. The van der Waals surface area contributed by atoms with Gasteiger partial charge in [-0.2, -0.15) is 0 Å². The maximum Gasteiger partial charge on any atom is 0.135 e. The van der Waals surface area contributed by atoms with E-state index < -0.39 is 0 Å². The highest BCUT2D eigenvalue weighted by molar-refractivity contribution is 6.08. The van der Waals surface area contributed by atoms with Crippen molar-refractivity contribution in [3.8, 4) is 0 Å². The molecule has 17 heavy (non-hydrogen) atoms. The van der Waals surface area contributed by atoms with E-state index in [-0.39, 0.29) is 0 Å². The lowest BCUT2D eigenvalue weighted by molar-refractivity contribution is 0.668. The van der Waals surface area contributed by atoms with E-state index in [4.69, 9.17) is 4.42 Å². The molecule has 0 amide bonds. The highest BCUT2D eigenvalue weighted by Crippen LogP contribution is 2.34. The molecule has 1 aromatic heterocycles. The number of furan rings is 1. The van der Waals surface area contributed by atoms with E-state index in [9.17, 15) is 0 Å². The van der Waals surface area contributed by atoms with Crippen LogP contribution in [0, 0.1) is 13.8 Å². The van der Waals surface area contributed by atoms with Crippen LogP contribution >= 0.6 is 0 Å². The van der Waals surface area contributed by atoms with Crippen molar-refractivity contribution in [2.24, 2.45) is 0 Å². The lowest BCUT2D eigenvalue weighted by Crippen LogP contribution is -1.84. The second-order valence-corrected chi connectivity index (χ2v) is 4.63. The molecule has 0 spiro atoms. The monoisotopic (exact) mass is 224 g/mol. The lowest BCUT2D eigenvalue weighted by atomic mass is 9.99. The molecule has 2 aromatic carbocycles. The van der Waals surface area contributed by atoms with Crippen LogP contribution in [0.4, 0.5) is 0 Å². The molecule has 3 aromatic rings. The van der Waals surface area contributed by atoms with Crippen molar-refractivity contribution in [2.45, 2.75) is 27.2 Å². The Kier molecular flexibility index (Phi) is 2.22. The van der Waals surface area contributed by atoms with Gasteiger partial charge in [0.05, 0.1) is 0 Å². The fraction of sp³-hybridized carbons (Fsp3) is 0.250. The van der Waals surface area contributed by atoms with Crippen LogP contribution in [0.1, 0.15) is 23.6 Å². The average Bonchev–Trinajstić information content (AvgIpc) is 2.72. The topological polar surface area (TPSA) is 13.1 Å². The van der Waals surface area contributed by atoms with E-state index in [1.807, 2.05) is 0 Å². The summed E-state index contributed by atoms with van der Waals surface area (Å²) >= 11 is 0. The van der Waals surface area contributed by atoms with Crippen molar-refractivity contribution in [3.05, 3.63) is 47.0 Å². The molecule has 1 heterocycles. The second kappa shape index (κ2) is 3.63. The van der Waals surface area contributed by atoms with Gasteiger partial charge in [-0.1, -0.05) is 25.1 Å². The van der Waals surface area contributed by atoms with Gasteiger partial charge in [-0.15, -0.1) is 0 Å². The Balaban J connectivity index is 2.60. The molecule has 0 saturated carbocycles. The van der Waals surface area contributed by atoms with E-state index >= 15 is 0 Å². The van der Waals surface area contributed by atoms with Crippen LogP contribution in [0.3, 0.4) is 0 Å². The number of aryl methyl sites for hydroxylation is 3. The van der Waals surface area contributed by atoms with Crippen molar-refractivity contribution < 1.29 is 4.42 Å². The highest BCUT2D eigenvalue weighted by Gasteiger charge is 2.12. The normalized spacial score (nSPS) is 11.5. The number of hydrogen-bond acceptors (Lipinski definition) is 1. The molecule has 0 saturated heterocycles. The fourth-order valence-corrected chi connectivity index (χ4v) is 2.55. The maximum atomic E-state index is 5.93. The predicted octanol–water partition coefficient (Wildman–Crippen LogP) is 4.77. The van der Waals surface area contributed by atoms with Gasteiger partial charge in [0, 0.05) is 10.8 Å².